The summed E-state index contributed by atoms with van der Waals surface area (Å²) in [7, 11) is 2.17. The first-order valence-corrected chi connectivity index (χ1v) is 7.26. The fraction of sp³-hybridized carbons (Fsp3) is 0.467. The Morgan fingerprint density at radius 2 is 1.85 bits per heavy atom. The molecule has 106 valence electrons. The normalized spacial score (nSPS) is 25.6. The molecule has 1 aromatic rings. The van der Waals surface area contributed by atoms with Crippen LogP contribution in [0.25, 0.3) is 0 Å². The van der Waals surface area contributed by atoms with E-state index in [4.69, 9.17) is 16.4 Å². The van der Waals surface area contributed by atoms with Gasteiger partial charge in [0.05, 0.1) is 11.3 Å². The summed E-state index contributed by atoms with van der Waals surface area (Å²) >= 11 is 5.78. The summed E-state index contributed by atoms with van der Waals surface area (Å²) in [6.07, 6.45) is 4.23. The van der Waals surface area contributed by atoms with E-state index in [2.05, 4.69) is 17.1 Å². The Morgan fingerprint density at radius 1 is 1.25 bits per heavy atom. The largest absolute Gasteiger partial charge is 0.365 e. The third kappa shape index (κ3) is 2.72. The SMILES string of the molecule is CN1[C@H]2CC[C@H]1CC(=NOC(=O)c1ccc(Cl)cc1)C2. The molecule has 2 aliphatic rings. The zero-order valence-electron chi connectivity index (χ0n) is 11.4. The Kier molecular flexibility index (Phi) is 3.76. The molecule has 0 amide bonds. The number of hydrogen-bond acceptors (Lipinski definition) is 4. The molecule has 0 aromatic heterocycles. The lowest BCUT2D eigenvalue weighted by molar-refractivity contribution is 0.0510. The Bertz CT molecular complexity index is 525. The van der Waals surface area contributed by atoms with E-state index < -0.39 is 5.97 Å². The minimum atomic E-state index is -0.430. The number of carbonyl (C=O) groups is 1. The van der Waals surface area contributed by atoms with Gasteiger partial charge in [-0.25, -0.2) is 4.79 Å². The van der Waals surface area contributed by atoms with Crippen LogP contribution < -0.4 is 0 Å². The maximum Gasteiger partial charge on any atom is 0.365 e. The average Bonchev–Trinajstić information content (AvgIpc) is 2.66. The molecule has 1 aromatic carbocycles. The van der Waals surface area contributed by atoms with Crippen molar-refractivity contribution in [3.05, 3.63) is 34.9 Å². The van der Waals surface area contributed by atoms with Gasteiger partial charge >= 0.3 is 5.97 Å². The van der Waals surface area contributed by atoms with Crippen LogP contribution in [0.15, 0.2) is 29.4 Å². The Morgan fingerprint density at radius 3 is 2.45 bits per heavy atom. The molecule has 3 rings (SSSR count). The number of nitrogens with zero attached hydrogens (tertiary/aromatic N) is 2. The standard InChI is InChI=1S/C15H17ClN2O2/c1-18-13-6-7-14(18)9-12(8-13)17-20-15(19)10-2-4-11(16)5-3-10/h2-5,13-14H,6-9H2,1H3/t13-,14-/m0/s1. The van der Waals surface area contributed by atoms with E-state index in [9.17, 15) is 4.79 Å². The van der Waals surface area contributed by atoms with Gasteiger partial charge in [0.2, 0.25) is 0 Å². The van der Waals surface area contributed by atoms with Gasteiger partial charge in [0, 0.05) is 29.9 Å². The third-order valence-corrected chi connectivity index (χ3v) is 4.52. The summed E-state index contributed by atoms with van der Waals surface area (Å²) in [5.74, 6) is -0.430. The number of hydrogen-bond donors (Lipinski definition) is 0. The first-order chi connectivity index (χ1) is 9.63. The monoisotopic (exact) mass is 292 g/mol. The molecule has 2 heterocycles. The van der Waals surface area contributed by atoms with Gasteiger partial charge in [-0.15, -0.1) is 0 Å². The van der Waals surface area contributed by atoms with Crippen LogP contribution in [0.3, 0.4) is 0 Å². The first-order valence-electron chi connectivity index (χ1n) is 6.88. The van der Waals surface area contributed by atoms with Crippen molar-refractivity contribution in [2.24, 2.45) is 5.16 Å². The van der Waals surface area contributed by atoms with Crippen molar-refractivity contribution in [2.75, 3.05) is 7.05 Å². The van der Waals surface area contributed by atoms with Crippen molar-refractivity contribution < 1.29 is 9.63 Å². The number of carbonyl (C=O) groups excluding carboxylic acids is 1. The highest BCUT2D eigenvalue weighted by Crippen LogP contribution is 2.32. The van der Waals surface area contributed by atoms with Gasteiger partial charge in [-0.3, -0.25) is 4.90 Å². The van der Waals surface area contributed by atoms with Crippen LogP contribution >= 0.6 is 11.6 Å². The molecule has 4 nitrogen and oxygen atoms in total. The van der Waals surface area contributed by atoms with Crippen LogP contribution in [0.2, 0.25) is 5.02 Å². The Hall–Kier alpha value is -1.39. The summed E-state index contributed by atoms with van der Waals surface area (Å²) in [5, 5.41) is 4.66. The van der Waals surface area contributed by atoms with Gasteiger partial charge in [0.15, 0.2) is 0 Å². The van der Waals surface area contributed by atoms with Crippen LogP contribution in [0.1, 0.15) is 36.0 Å². The number of rotatable bonds is 2. The van der Waals surface area contributed by atoms with Crippen LogP contribution in [0.4, 0.5) is 0 Å². The number of halogens is 1. The molecule has 0 spiro atoms. The number of piperidine rings is 1. The van der Waals surface area contributed by atoms with Gasteiger partial charge in [0.1, 0.15) is 0 Å². The van der Waals surface area contributed by atoms with E-state index in [1.807, 2.05) is 0 Å². The minimum absolute atomic E-state index is 0.430. The van der Waals surface area contributed by atoms with Gasteiger partial charge in [0.25, 0.3) is 0 Å². The molecular formula is C15H17ClN2O2. The predicted molar refractivity (Wildman–Crippen MR) is 78.1 cm³/mol. The van der Waals surface area contributed by atoms with Crippen LogP contribution in [0.5, 0.6) is 0 Å². The molecule has 2 bridgehead atoms. The predicted octanol–water partition coefficient (Wildman–Crippen LogP) is 3.11. The zero-order valence-corrected chi connectivity index (χ0v) is 12.1. The smallest absolute Gasteiger partial charge is 0.313 e. The van der Waals surface area contributed by atoms with E-state index in [-0.39, 0.29) is 0 Å². The van der Waals surface area contributed by atoms with Crippen molar-refractivity contribution in [2.45, 2.75) is 37.8 Å². The van der Waals surface area contributed by atoms with E-state index in [1.165, 1.54) is 12.8 Å². The molecule has 2 fully saturated rings. The molecule has 20 heavy (non-hydrogen) atoms. The van der Waals surface area contributed by atoms with E-state index in [1.54, 1.807) is 24.3 Å². The second kappa shape index (κ2) is 5.54. The van der Waals surface area contributed by atoms with E-state index in [0.29, 0.717) is 22.7 Å². The van der Waals surface area contributed by atoms with E-state index in [0.717, 1.165) is 18.6 Å². The molecule has 2 saturated heterocycles. The second-order valence-electron chi connectivity index (χ2n) is 5.50. The summed E-state index contributed by atoms with van der Waals surface area (Å²) in [6, 6.07) is 7.73. The fourth-order valence-corrected chi connectivity index (χ4v) is 3.15. The maximum absolute atomic E-state index is 11.9. The Balaban J connectivity index is 1.63. The number of benzene rings is 1. The van der Waals surface area contributed by atoms with Crippen molar-refractivity contribution in [3.63, 3.8) is 0 Å². The minimum Gasteiger partial charge on any atom is -0.313 e. The quantitative estimate of drug-likeness (QED) is 0.621. The van der Waals surface area contributed by atoms with Crippen LogP contribution in [0, 0.1) is 0 Å². The second-order valence-corrected chi connectivity index (χ2v) is 5.94. The molecule has 0 saturated carbocycles. The lowest BCUT2D eigenvalue weighted by Crippen LogP contribution is -2.40. The summed E-state index contributed by atoms with van der Waals surface area (Å²) in [5.41, 5.74) is 1.47. The summed E-state index contributed by atoms with van der Waals surface area (Å²) in [6.45, 7) is 0. The molecule has 0 unspecified atom stereocenters. The molecule has 0 aliphatic carbocycles. The van der Waals surface area contributed by atoms with E-state index >= 15 is 0 Å². The van der Waals surface area contributed by atoms with Gasteiger partial charge in [-0.1, -0.05) is 16.8 Å². The number of fused-ring (bicyclic) bond motifs is 2. The molecule has 2 atom stereocenters. The van der Waals surface area contributed by atoms with Gasteiger partial charge < -0.3 is 4.84 Å². The third-order valence-electron chi connectivity index (χ3n) is 4.27. The Labute approximate surface area is 123 Å². The maximum atomic E-state index is 11.9. The summed E-state index contributed by atoms with van der Waals surface area (Å²) < 4.78 is 0. The van der Waals surface area contributed by atoms with Crippen molar-refractivity contribution in [1.82, 2.24) is 4.90 Å². The highest BCUT2D eigenvalue weighted by atomic mass is 35.5. The first kappa shape index (κ1) is 13.6. The zero-order chi connectivity index (χ0) is 14.1. The molecule has 0 radical (unpaired) electrons. The van der Waals surface area contributed by atoms with Gasteiger partial charge in [-0.2, -0.15) is 0 Å². The molecular weight excluding hydrogens is 276 g/mol. The lowest BCUT2D eigenvalue weighted by atomic mass is 10.0. The lowest BCUT2D eigenvalue weighted by Gasteiger charge is -2.31. The van der Waals surface area contributed by atoms with Gasteiger partial charge in [-0.05, 0) is 44.2 Å². The topological polar surface area (TPSA) is 41.9 Å². The molecule has 0 N–H and O–H groups in total. The molecule has 2 aliphatic heterocycles. The highest BCUT2D eigenvalue weighted by Gasteiger charge is 2.36. The van der Waals surface area contributed by atoms with Crippen LogP contribution in [-0.4, -0.2) is 35.7 Å². The summed E-state index contributed by atoms with van der Waals surface area (Å²) in [4.78, 5) is 19.3. The fourth-order valence-electron chi connectivity index (χ4n) is 3.03. The van der Waals surface area contributed by atoms with Crippen molar-refractivity contribution in [1.29, 1.82) is 0 Å². The molecule has 5 heteroatoms. The van der Waals surface area contributed by atoms with Crippen molar-refractivity contribution in [3.8, 4) is 0 Å². The average molecular weight is 293 g/mol. The van der Waals surface area contributed by atoms with Crippen molar-refractivity contribution >= 4 is 23.3 Å². The number of oxime groups is 1. The highest BCUT2D eigenvalue weighted by molar-refractivity contribution is 6.30. The van der Waals surface area contributed by atoms with Crippen LogP contribution in [-0.2, 0) is 4.84 Å².